The molecule has 5 heteroatoms. The summed E-state index contributed by atoms with van der Waals surface area (Å²) in [7, 11) is 0. The number of nitrogens with zero attached hydrogens (tertiary/aromatic N) is 3. The third kappa shape index (κ3) is 4.52. The molecule has 0 aliphatic heterocycles. The second-order valence-electron chi connectivity index (χ2n) is 10.7. The SMILES string of the molecule is c1ccc(B(c2cccc(Oc3ccccn3)c2)c2ccc3c4ccccc4n4c(-c5ccccc5)cnc4c3c2)cc1. The van der Waals surface area contributed by atoms with Crippen molar-refractivity contribution in [3.05, 3.63) is 158 Å². The standard InChI is InChI=1S/C38H26BN3O/c1-3-12-27(13-4-1)36-26-41-38-34-25-30(21-22-32(34)33-18-7-8-19-35(33)42(36)38)39(28-14-5-2-6-15-28)29-16-11-17-31(24-29)43-37-20-9-10-23-40-37/h1-26H. The maximum atomic E-state index is 6.14. The van der Waals surface area contributed by atoms with Gasteiger partial charge in [-0.2, -0.15) is 0 Å². The maximum Gasteiger partial charge on any atom is 0.241 e. The molecule has 0 saturated carbocycles. The Bertz CT molecular complexity index is 2210. The van der Waals surface area contributed by atoms with Crippen LogP contribution in [0, 0.1) is 0 Å². The van der Waals surface area contributed by atoms with Crippen LogP contribution in [0.25, 0.3) is 38.6 Å². The van der Waals surface area contributed by atoms with Crippen molar-refractivity contribution < 1.29 is 4.74 Å². The molecule has 0 fully saturated rings. The topological polar surface area (TPSA) is 39.4 Å². The number of benzene rings is 5. The maximum absolute atomic E-state index is 6.14. The lowest BCUT2D eigenvalue weighted by Gasteiger charge is -2.18. The third-order valence-corrected chi connectivity index (χ3v) is 8.07. The minimum atomic E-state index is -0.00652. The van der Waals surface area contributed by atoms with Crippen LogP contribution in [0.5, 0.6) is 11.6 Å². The van der Waals surface area contributed by atoms with Crippen LogP contribution in [0.1, 0.15) is 0 Å². The summed E-state index contributed by atoms with van der Waals surface area (Å²) in [6.45, 7) is -0.00652. The van der Waals surface area contributed by atoms with E-state index in [0.717, 1.165) is 39.0 Å². The molecule has 0 radical (unpaired) electrons. The van der Waals surface area contributed by atoms with Crippen molar-refractivity contribution in [3.8, 4) is 22.9 Å². The second kappa shape index (κ2) is 10.6. The Morgan fingerprint density at radius 3 is 2.12 bits per heavy atom. The predicted molar refractivity (Wildman–Crippen MR) is 177 cm³/mol. The molecule has 43 heavy (non-hydrogen) atoms. The Balaban J connectivity index is 1.34. The quantitative estimate of drug-likeness (QED) is 0.165. The van der Waals surface area contributed by atoms with E-state index in [0.29, 0.717) is 5.88 Å². The highest BCUT2D eigenvalue weighted by molar-refractivity contribution is 6.95. The largest absolute Gasteiger partial charge is 0.439 e. The van der Waals surface area contributed by atoms with Gasteiger partial charge in [-0.25, -0.2) is 9.97 Å². The summed E-state index contributed by atoms with van der Waals surface area (Å²) in [5, 5.41) is 3.52. The fourth-order valence-electron chi connectivity index (χ4n) is 6.16. The van der Waals surface area contributed by atoms with Crippen LogP contribution in [0.3, 0.4) is 0 Å². The first-order chi connectivity index (χ1) is 21.3. The highest BCUT2D eigenvalue weighted by atomic mass is 16.5. The molecule has 0 N–H and O–H groups in total. The van der Waals surface area contributed by atoms with Crippen molar-refractivity contribution >= 4 is 50.4 Å². The Hall–Kier alpha value is -5.68. The smallest absolute Gasteiger partial charge is 0.241 e. The van der Waals surface area contributed by atoms with E-state index in [1.165, 1.54) is 21.7 Å². The van der Waals surface area contributed by atoms with E-state index in [1.807, 2.05) is 36.5 Å². The number of pyridine rings is 2. The van der Waals surface area contributed by atoms with Crippen molar-refractivity contribution in [2.75, 3.05) is 0 Å². The zero-order valence-corrected chi connectivity index (χ0v) is 23.3. The Kier molecular flexibility index (Phi) is 6.19. The van der Waals surface area contributed by atoms with Crippen LogP contribution in [-0.4, -0.2) is 21.1 Å². The van der Waals surface area contributed by atoms with Crippen molar-refractivity contribution in [3.63, 3.8) is 0 Å². The lowest BCUT2D eigenvalue weighted by atomic mass is 9.37. The number of hydrogen-bond donors (Lipinski definition) is 0. The molecular weight excluding hydrogens is 525 g/mol. The highest BCUT2D eigenvalue weighted by Crippen LogP contribution is 2.32. The number of para-hydroxylation sites is 1. The molecule has 0 unspecified atom stereocenters. The summed E-state index contributed by atoms with van der Waals surface area (Å²) < 4.78 is 8.44. The first-order valence-electron chi connectivity index (χ1n) is 14.4. The summed E-state index contributed by atoms with van der Waals surface area (Å²) in [6.07, 6.45) is 3.74. The van der Waals surface area contributed by atoms with E-state index in [1.54, 1.807) is 6.20 Å². The van der Waals surface area contributed by atoms with Crippen LogP contribution in [0.15, 0.2) is 158 Å². The minimum absolute atomic E-state index is 0.00652. The average Bonchev–Trinajstić information content (AvgIpc) is 3.53. The van der Waals surface area contributed by atoms with E-state index < -0.39 is 0 Å². The molecule has 202 valence electrons. The molecule has 0 amide bonds. The normalized spacial score (nSPS) is 11.3. The highest BCUT2D eigenvalue weighted by Gasteiger charge is 2.24. The summed E-state index contributed by atoms with van der Waals surface area (Å²) in [5.41, 5.74) is 7.86. The summed E-state index contributed by atoms with van der Waals surface area (Å²) >= 11 is 0. The first-order valence-corrected chi connectivity index (χ1v) is 14.4. The van der Waals surface area contributed by atoms with Gasteiger partial charge in [-0.1, -0.05) is 132 Å². The van der Waals surface area contributed by atoms with Crippen LogP contribution in [0.2, 0.25) is 0 Å². The summed E-state index contributed by atoms with van der Waals surface area (Å²) in [6, 6.07) is 50.6. The van der Waals surface area contributed by atoms with Gasteiger partial charge in [-0.05, 0) is 29.7 Å². The molecule has 0 spiro atoms. The van der Waals surface area contributed by atoms with Gasteiger partial charge >= 0.3 is 0 Å². The van der Waals surface area contributed by atoms with Gasteiger partial charge in [0.25, 0.3) is 0 Å². The van der Waals surface area contributed by atoms with Crippen molar-refractivity contribution in [2.45, 2.75) is 0 Å². The van der Waals surface area contributed by atoms with Gasteiger partial charge in [0.2, 0.25) is 12.6 Å². The van der Waals surface area contributed by atoms with Gasteiger partial charge in [0.05, 0.1) is 17.4 Å². The molecule has 0 aliphatic carbocycles. The van der Waals surface area contributed by atoms with Gasteiger partial charge in [0.15, 0.2) is 0 Å². The third-order valence-electron chi connectivity index (χ3n) is 8.07. The number of imidazole rings is 1. The van der Waals surface area contributed by atoms with Crippen molar-refractivity contribution in [1.82, 2.24) is 14.4 Å². The number of aromatic nitrogens is 3. The molecule has 8 aromatic rings. The second-order valence-corrected chi connectivity index (χ2v) is 10.7. The van der Waals surface area contributed by atoms with E-state index in [4.69, 9.17) is 9.72 Å². The van der Waals surface area contributed by atoms with Gasteiger partial charge in [-0.3, -0.25) is 4.40 Å². The molecule has 8 rings (SSSR count). The molecule has 0 aliphatic rings. The van der Waals surface area contributed by atoms with Crippen LogP contribution in [-0.2, 0) is 0 Å². The molecular formula is C38H26BN3O. The van der Waals surface area contributed by atoms with E-state index in [-0.39, 0.29) is 6.71 Å². The van der Waals surface area contributed by atoms with Crippen LogP contribution < -0.4 is 21.1 Å². The molecule has 0 atom stereocenters. The molecule has 5 aromatic carbocycles. The minimum Gasteiger partial charge on any atom is -0.439 e. The molecule has 3 heterocycles. The fraction of sp³-hybridized carbons (Fsp3) is 0. The summed E-state index contributed by atoms with van der Waals surface area (Å²) in [5.74, 6) is 1.33. The van der Waals surface area contributed by atoms with Gasteiger partial charge in [-0.15, -0.1) is 0 Å². The Morgan fingerprint density at radius 1 is 0.535 bits per heavy atom. The molecule has 0 saturated heterocycles. The first kappa shape index (κ1) is 25.1. The van der Waals surface area contributed by atoms with Gasteiger partial charge in [0.1, 0.15) is 11.4 Å². The molecule has 3 aromatic heterocycles. The van der Waals surface area contributed by atoms with Gasteiger partial charge in [0, 0.05) is 28.6 Å². The van der Waals surface area contributed by atoms with E-state index >= 15 is 0 Å². The zero-order valence-electron chi connectivity index (χ0n) is 23.3. The zero-order chi connectivity index (χ0) is 28.6. The van der Waals surface area contributed by atoms with Crippen LogP contribution >= 0.6 is 0 Å². The molecule has 0 bridgehead atoms. The lowest BCUT2D eigenvalue weighted by molar-refractivity contribution is 0.463. The predicted octanol–water partition coefficient (Wildman–Crippen LogP) is 7.01. The average molecular weight is 551 g/mol. The Labute approximate surface area is 250 Å². The summed E-state index contributed by atoms with van der Waals surface area (Å²) in [4.78, 5) is 9.36. The lowest BCUT2D eigenvalue weighted by Crippen LogP contribution is -2.51. The van der Waals surface area contributed by atoms with E-state index in [9.17, 15) is 0 Å². The van der Waals surface area contributed by atoms with Crippen molar-refractivity contribution in [1.29, 1.82) is 0 Å². The van der Waals surface area contributed by atoms with Crippen LogP contribution in [0.4, 0.5) is 0 Å². The fourth-order valence-corrected chi connectivity index (χ4v) is 6.16. The van der Waals surface area contributed by atoms with Crippen molar-refractivity contribution in [2.24, 2.45) is 0 Å². The Morgan fingerprint density at radius 2 is 1.28 bits per heavy atom. The number of ether oxygens (including phenoxy) is 1. The number of hydrogen-bond acceptors (Lipinski definition) is 3. The van der Waals surface area contributed by atoms with E-state index in [2.05, 4.69) is 125 Å². The monoisotopic (exact) mass is 551 g/mol. The van der Waals surface area contributed by atoms with Gasteiger partial charge < -0.3 is 4.74 Å². The molecule has 4 nitrogen and oxygen atoms in total. The number of rotatable bonds is 6. The number of fused-ring (bicyclic) bond motifs is 6.